The zero-order valence-corrected chi connectivity index (χ0v) is 12.4. The smallest absolute Gasteiger partial charge is 0.158 e. The lowest BCUT2D eigenvalue weighted by atomic mass is 9.98. The number of hydrogen-bond acceptors (Lipinski definition) is 3. The first-order valence-corrected chi connectivity index (χ1v) is 7.26. The third-order valence-corrected chi connectivity index (χ3v) is 4.02. The van der Waals surface area contributed by atoms with Gasteiger partial charge in [-0.2, -0.15) is 10.5 Å². The van der Waals surface area contributed by atoms with E-state index in [0.717, 1.165) is 27.5 Å². The zero-order chi connectivity index (χ0) is 16.7. The molecular weight excluding hydrogens is 303 g/mol. The Bertz CT molecular complexity index is 1160. The molecule has 4 rings (SSSR count). The molecule has 0 saturated heterocycles. The number of rotatable bonds is 1. The summed E-state index contributed by atoms with van der Waals surface area (Å²) < 4.78 is 19.7. The molecule has 24 heavy (non-hydrogen) atoms. The van der Waals surface area contributed by atoms with Gasteiger partial charge in [-0.25, -0.2) is 4.39 Å². The number of nitriles is 2. The molecule has 3 aromatic carbocycles. The minimum Gasteiger partial charge on any atom is -0.456 e. The first-order valence-electron chi connectivity index (χ1n) is 7.26. The van der Waals surface area contributed by atoms with Crippen molar-refractivity contribution >= 4 is 21.9 Å². The summed E-state index contributed by atoms with van der Waals surface area (Å²) >= 11 is 0. The molecule has 0 aliphatic rings. The summed E-state index contributed by atoms with van der Waals surface area (Å²) in [6, 6.07) is 19.8. The summed E-state index contributed by atoms with van der Waals surface area (Å²) in [4.78, 5) is 0. The van der Waals surface area contributed by atoms with Gasteiger partial charge in [-0.15, -0.1) is 0 Å². The summed E-state index contributed by atoms with van der Waals surface area (Å²) in [5.74, 6) is -0.779. The maximum atomic E-state index is 13.9. The van der Waals surface area contributed by atoms with E-state index in [1.165, 1.54) is 12.1 Å². The SMILES string of the molecule is N#Cc1cc(-c2ccc3oc4ccccc4c3c2)cc(C#N)c1F. The average molecular weight is 312 g/mol. The van der Waals surface area contributed by atoms with Crippen LogP contribution in [0.3, 0.4) is 0 Å². The molecule has 0 saturated carbocycles. The summed E-state index contributed by atoms with van der Waals surface area (Å²) in [6.07, 6.45) is 0. The van der Waals surface area contributed by atoms with Crippen LogP contribution in [0.4, 0.5) is 4.39 Å². The van der Waals surface area contributed by atoms with Crippen LogP contribution in [0.25, 0.3) is 33.1 Å². The zero-order valence-electron chi connectivity index (χ0n) is 12.4. The van der Waals surface area contributed by atoms with E-state index < -0.39 is 5.82 Å². The number of hydrogen-bond donors (Lipinski definition) is 0. The Morgan fingerprint density at radius 2 is 1.42 bits per heavy atom. The molecule has 0 unspecified atom stereocenters. The minimum absolute atomic E-state index is 0.138. The molecule has 112 valence electrons. The van der Waals surface area contributed by atoms with Crippen molar-refractivity contribution in [2.75, 3.05) is 0 Å². The van der Waals surface area contributed by atoms with Gasteiger partial charge in [-0.3, -0.25) is 0 Å². The molecule has 4 heteroatoms. The highest BCUT2D eigenvalue weighted by molar-refractivity contribution is 6.06. The van der Waals surface area contributed by atoms with Crippen LogP contribution in [-0.2, 0) is 0 Å². The van der Waals surface area contributed by atoms with Crippen LogP contribution in [0.1, 0.15) is 11.1 Å². The van der Waals surface area contributed by atoms with Gasteiger partial charge in [-0.1, -0.05) is 24.3 Å². The van der Waals surface area contributed by atoms with E-state index in [0.29, 0.717) is 5.56 Å². The number of halogens is 1. The highest BCUT2D eigenvalue weighted by Gasteiger charge is 2.13. The number of benzene rings is 3. The second-order valence-corrected chi connectivity index (χ2v) is 5.42. The minimum atomic E-state index is -0.779. The third-order valence-electron chi connectivity index (χ3n) is 4.02. The van der Waals surface area contributed by atoms with Gasteiger partial charge < -0.3 is 4.42 Å². The maximum Gasteiger partial charge on any atom is 0.158 e. The maximum absolute atomic E-state index is 13.9. The largest absolute Gasteiger partial charge is 0.456 e. The van der Waals surface area contributed by atoms with Crippen molar-refractivity contribution in [1.29, 1.82) is 10.5 Å². The van der Waals surface area contributed by atoms with E-state index in [1.54, 1.807) is 12.1 Å². The Hall–Kier alpha value is -3.63. The fourth-order valence-corrected chi connectivity index (χ4v) is 2.86. The standard InChI is InChI=1S/C20H9FN2O/c21-20-14(10-22)7-13(8-15(20)11-23)12-5-6-19-17(9-12)16-3-1-2-4-18(16)24-19/h1-9H. The highest BCUT2D eigenvalue weighted by Crippen LogP contribution is 2.33. The summed E-state index contributed by atoms with van der Waals surface area (Å²) in [5, 5.41) is 20.1. The van der Waals surface area contributed by atoms with E-state index in [9.17, 15) is 4.39 Å². The Morgan fingerprint density at radius 3 is 2.12 bits per heavy atom. The predicted molar refractivity (Wildman–Crippen MR) is 88.5 cm³/mol. The Kier molecular flexibility index (Phi) is 3.05. The predicted octanol–water partition coefficient (Wildman–Crippen LogP) is 5.14. The summed E-state index contributed by atoms with van der Waals surface area (Å²) in [6.45, 7) is 0. The van der Waals surface area contributed by atoms with Crippen molar-refractivity contribution in [3.05, 3.63) is 71.5 Å². The second kappa shape index (κ2) is 5.22. The number of nitrogens with zero attached hydrogens (tertiary/aromatic N) is 2. The van der Waals surface area contributed by atoms with Crippen LogP contribution in [0.5, 0.6) is 0 Å². The van der Waals surface area contributed by atoms with Gasteiger partial charge in [0, 0.05) is 10.8 Å². The molecule has 0 spiro atoms. The Balaban J connectivity index is 1.99. The van der Waals surface area contributed by atoms with Crippen molar-refractivity contribution in [2.45, 2.75) is 0 Å². The number of para-hydroxylation sites is 1. The average Bonchev–Trinajstić information content (AvgIpc) is 2.99. The molecule has 0 aliphatic carbocycles. The van der Waals surface area contributed by atoms with Crippen molar-refractivity contribution in [1.82, 2.24) is 0 Å². The molecule has 1 heterocycles. The third kappa shape index (κ3) is 2.02. The second-order valence-electron chi connectivity index (χ2n) is 5.42. The van der Waals surface area contributed by atoms with Crippen molar-refractivity contribution in [2.24, 2.45) is 0 Å². The van der Waals surface area contributed by atoms with Gasteiger partial charge in [0.1, 0.15) is 23.3 Å². The van der Waals surface area contributed by atoms with Gasteiger partial charge in [0.25, 0.3) is 0 Å². The lowest BCUT2D eigenvalue weighted by Gasteiger charge is -2.05. The van der Waals surface area contributed by atoms with Gasteiger partial charge in [-0.05, 0) is 41.5 Å². The lowest BCUT2D eigenvalue weighted by molar-refractivity contribution is 0.620. The monoisotopic (exact) mass is 312 g/mol. The van der Waals surface area contributed by atoms with Crippen molar-refractivity contribution in [3.8, 4) is 23.3 Å². The molecule has 0 aliphatic heterocycles. The molecule has 0 N–H and O–H groups in total. The van der Waals surface area contributed by atoms with Crippen molar-refractivity contribution in [3.63, 3.8) is 0 Å². The van der Waals surface area contributed by atoms with Gasteiger partial charge in [0.05, 0.1) is 11.1 Å². The lowest BCUT2D eigenvalue weighted by Crippen LogP contribution is -1.92. The molecule has 1 aromatic heterocycles. The first kappa shape index (κ1) is 14.0. The summed E-state index contributed by atoms with van der Waals surface area (Å²) in [5.41, 5.74) is 2.68. The van der Waals surface area contributed by atoms with Gasteiger partial charge >= 0.3 is 0 Å². The normalized spacial score (nSPS) is 10.6. The van der Waals surface area contributed by atoms with E-state index in [2.05, 4.69) is 0 Å². The van der Waals surface area contributed by atoms with E-state index in [-0.39, 0.29) is 11.1 Å². The first-order chi connectivity index (χ1) is 11.7. The number of fused-ring (bicyclic) bond motifs is 3. The van der Waals surface area contributed by atoms with Crippen molar-refractivity contribution < 1.29 is 8.81 Å². The molecule has 0 radical (unpaired) electrons. The molecular formula is C20H9FN2O. The Morgan fingerprint density at radius 1 is 0.750 bits per heavy atom. The summed E-state index contributed by atoms with van der Waals surface area (Å²) in [7, 11) is 0. The molecule has 0 amide bonds. The fraction of sp³-hybridized carbons (Fsp3) is 0. The molecule has 4 aromatic rings. The van der Waals surface area contributed by atoms with Crippen LogP contribution < -0.4 is 0 Å². The van der Waals surface area contributed by atoms with Crippen LogP contribution in [0.15, 0.2) is 59.0 Å². The molecule has 0 bridgehead atoms. The van der Waals surface area contributed by atoms with Gasteiger partial charge in [0.15, 0.2) is 5.82 Å². The molecule has 3 nitrogen and oxygen atoms in total. The van der Waals surface area contributed by atoms with E-state index in [1.807, 2.05) is 42.5 Å². The molecule has 0 fully saturated rings. The van der Waals surface area contributed by atoms with E-state index >= 15 is 0 Å². The highest BCUT2D eigenvalue weighted by atomic mass is 19.1. The van der Waals surface area contributed by atoms with Crippen LogP contribution in [0.2, 0.25) is 0 Å². The van der Waals surface area contributed by atoms with E-state index in [4.69, 9.17) is 14.9 Å². The van der Waals surface area contributed by atoms with Crippen LogP contribution in [-0.4, -0.2) is 0 Å². The molecule has 0 atom stereocenters. The number of furan rings is 1. The van der Waals surface area contributed by atoms with Crippen LogP contribution in [0, 0.1) is 28.5 Å². The van der Waals surface area contributed by atoms with Crippen LogP contribution >= 0.6 is 0 Å². The quantitative estimate of drug-likeness (QED) is 0.489. The van der Waals surface area contributed by atoms with Gasteiger partial charge in [0.2, 0.25) is 0 Å². The fourth-order valence-electron chi connectivity index (χ4n) is 2.86. The topological polar surface area (TPSA) is 60.7 Å². The Labute approximate surface area is 136 Å².